The molecule has 2 amide bonds. The number of aryl methyl sites for hydroxylation is 1. The third kappa shape index (κ3) is 6.25. The predicted molar refractivity (Wildman–Crippen MR) is 85.0 cm³/mol. The molecule has 5 nitrogen and oxygen atoms in total. The van der Waals surface area contributed by atoms with Gasteiger partial charge in [-0.1, -0.05) is 20.8 Å². The van der Waals surface area contributed by atoms with Gasteiger partial charge >= 0.3 is 0 Å². The van der Waals surface area contributed by atoms with Crippen molar-refractivity contribution in [3.8, 4) is 0 Å². The highest BCUT2D eigenvalue weighted by molar-refractivity contribution is 7.09. The van der Waals surface area contributed by atoms with E-state index < -0.39 is 0 Å². The summed E-state index contributed by atoms with van der Waals surface area (Å²) < 4.78 is 0. The van der Waals surface area contributed by atoms with E-state index in [-0.39, 0.29) is 17.2 Å². The van der Waals surface area contributed by atoms with Crippen molar-refractivity contribution in [2.45, 2.75) is 47.1 Å². The minimum Gasteiger partial charge on any atom is -0.356 e. The second kappa shape index (κ2) is 7.54. The predicted octanol–water partition coefficient (Wildman–Crippen LogP) is 2.35. The van der Waals surface area contributed by atoms with Crippen LogP contribution in [0.4, 0.5) is 0 Å². The number of hydrogen-bond acceptors (Lipinski definition) is 4. The van der Waals surface area contributed by atoms with E-state index in [0.29, 0.717) is 25.9 Å². The van der Waals surface area contributed by atoms with Crippen molar-refractivity contribution in [1.82, 2.24) is 15.2 Å². The number of aromatic nitrogens is 1. The number of amides is 2. The Balaban J connectivity index is 2.26. The van der Waals surface area contributed by atoms with Crippen molar-refractivity contribution < 1.29 is 9.59 Å². The molecular weight excluding hydrogens is 286 g/mol. The van der Waals surface area contributed by atoms with Gasteiger partial charge in [-0.05, 0) is 13.3 Å². The quantitative estimate of drug-likeness (QED) is 0.820. The third-order valence-corrected chi connectivity index (χ3v) is 3.85. The van der Waals surface area contributed by atoms with Crippen molar-refractivity contribution in [2.24, 2.45) is 5.41 Å². The maximum Gasteiger partial charge on any atom is 0.225 e. The van der Waals surface area contributed by atoms with Crippen LogP contribution in [0.3, 0.4) is 0 Å². The van der Waals surface area contributed by atoms with E-state index in [1.807, 2.05) is 33.1 Å². The van der Waals surface area contributed by atoms with Crippen LogP contribution in [0.5, 0.6) is 0 Å². The van der Waals surface area contributed by atoms with E-state index in [2.05, 4.69) is 10.3 Å². The largest absolute Gasteiger partial charge is 0.356 e. The summed E-state index contributed by atoms with van der Waals surface area (Å²) in [4.78, 5) is 29.7. The Hall–Kier alpha value is -1.43. The molecule has 0 saturated carbocycles. The van der Waals surface area contributed by atoms with Crippen LogP contribution in [0, 0.1) is 12.3 Å². The van der Waals surface area contributed by atoms with Crippen molar-refractivity contribution in [2.75, 3.05) is 13.6 Å². The number of carbonyl (C=O) groups is 2. The molecule has 0 aliphatic carbocycles. The number of nitrogens with one attached hydrogen (secondary N) is 1. The van der Waals surface area contributed by atoms with Gasteiger partial charge in [0.25, 0.3) is 0 Å². The van der Waals surface area contributed by atoms with Gasteiger partial charge in [-0.2, -0.15) is 0 Å². The molecule has 1 heterocycles. The van der Waals surface area contributed by atoms with Gasteiger partial charge < -0.3 is 10.2 Å². The number of nitrogens with zero attached hydrogens (tertiary/aromatic N) is 2. The summed E-state index contributed by atoms with van der Waals surface area (Å²) in [6.07, 6.45) is 1.09. The first-order chi connectivity index (χ1) is 9.70. The topological polar surface area (TPSA) is 62.3 Å². The zero-order valence-corrected chi connectivity index (χ0v) is 14.3. The summed E-state index contributed by atoms with van der Waals surface area (Å²) in [5, 5.41) is 5.83. The SMILES string of the molecule is Cc1nc(CN(C)C(=O)CCCNC(=O)C(C)(C)C)cs1. The van der Waals surface area contributed by atoms with Crippen molar-refractivity contribution in [3.63, 3.8) is 0 Å². The summed E-state index contributed by atoms with van der Waals surface area (Å²) in [6.45, 7) is 8.64. The van der Waals surface area contributed by atoms with Gasteiger partial charge in [0.2, 0.25) is 11.8 Å². The van der Waals surface area contributed by atoms with E-state index in [0.717, 1.165) is 10.7 Å². The van der Waals surface area contributed by atoms with Gasteiger partial charge in [0, 0.05) is 30.8 Å². The van der Waals surface area contributed by atoms with Crippen LogP contribution in [0.25, 0.3) is 0 Å². The molecule has 1 N–H and O–H groups in total. The second-order valence-corrected chi connectivity index (χ2v) is 7.28. The van der Waals surface area contributed by atoms with Crippen LogP contribution in [0.15, 0.2) is 5.38 Å². The highest BCUT2D eigenvalue weighted by atomic mass is 32.1. The summed E-state index contributed by atoms with van der Waals surface area (Å²) in [7, 11) is 1.78. The molecule has 0 atom stereocenters. The lowest BCUT2D eigenvalue weighted by Crippen LogP contribution is -2.36. The second-order valence-electron chi connectivity index (χ2n) is 6.22. The van der Waals surface area contributed by atoms with Crippen molar-refractivity contribution >= 4 is 23.2 Å². The summed E-state index contributed by atoms with van der Waals surface area (Å²) in [5.41, 5.74) is 0.540. The van der Waals surface area contributed by atoms with Crippen molar-refractivity contribution in [1.29, 1.82) is 0 Å². The van der Waals surface area contributed by atoms with Gasteiger partial charge in [0.1, 0.15) is 0 Å². The maximum absolute atomic E-state index is 12.0. The Morgan fingerprint density at radius 3 is 2.57 bits per heavy atom. The molecule has 0 spiro atoms. The van der Waals surface area contributed by atoms with Crippen LogP contribution < -0.4 is 5.32 Å². The van der Waals surface area contributed by atoms with E-state index in [9.17, 15) is 9.59 Å². The van der Waals surface area contributed by atoms with Gasteiger partial charge in [-0.15, -0.1) is 11.3 Å². The Morgan fingerprint density at radius 2 is 2.05 bits per heavy atom. The molecule has 0 aliphatic rings. The number of hydrogen-bond donors (Lipinski definition) is 1. The van der Waals surface area contributed by atoms with Gasteiger partial charge in [-0.25, -0.2) is 4.98 Å². The normalized spacial score (nSPS) is 11.3. The number of rotatable bonds is 6. The lowest BCUT2D eigenvalue weighted by molar-refractivity contribution is -0.131. The molecule has 1 aromatic rings. The number of carbonyl (C=O) groups excluding carboxylic acids is 2. The molecule has 21 heavy (non-hydrogen) atoms. The van der Waals surface area contributed by atoms with Crippen LogP contribution in [-0.4, -0.2) is 35.3 Å². The van der Waals surface area contributed by atoms with E-state index in [1.54, 1.807) is 23.3 Å². The summed E-state index contributed by atoms with van der Waals surface area (Å²) in [6, 6.07) is 0. The first-order valence-corrected chi connectivity index (χ1v) is 8.01. The number of thiazole rings is 1. The molecule has 1 rings (SSSR count). The molecule has 0 bridgehead atoms. The Bertz CT molecular complexity index is 491. The molecule has 118 valence electrons. The monoisotopic (exact) mass is 311 g/mol. The molecule has 1 aromatic heterocycles. The minimum atomic E-state index is -0.386. The maximum atomic E-state index is 12.0. The Morgan fingerprint density at radius 1 is 1.38 bits per heavy atom. The van der Waals surface area contributed by atoms with E-state index in [4.69, 9.17) is 0 Å². The fourth-order valence-corrected chi connectivity index (χ4v) is 2.31. The summed E-state index contributed by atoms with van der Waals surface area (Å²) in [5.74, 6) is 0.0897. The van der Waals surface area contributed by atoms with Gasteiger partial charge in [0.15, 0.2) is 0 Å². The van der Waals surface area contributed by atoms with Crippen LogP contribution >= 0.6 is 11.3 Å². The molecule has 0 aliphatic heterocycles. The van der Waals surface area contributed by atoms with E-state index >= 15 is 0 Å². The van der Waals surface area contributed by atoms with E-state index in [1.165, 1.54) is 0 Å². The first-order valence-electron chi connectivity index (χ1n) is 7.13. The average Bonchev–Trinajstić information content (AvgIpc) is 2.78. The van der Waals surface area contributed by atoms with Crippen molar-refractivity contribution in [3.05, 3.63) is 16.1 Å². The lowest BCUT2D eigenvalue weighted by atomic mass is 9.96. The molecule has 6 heteroatoms. The molecule has 0 unspecified atom stereocenters. The lowest BCUT2D eigenvalue weighted by Gasteiger charge is -2.18. The fraction of sp³-hybridized carbons (Fsp3) is 0.667. The van der Waals surface area contributed by atoms with Gasteiger partial charge in [0.05, 0.1) is 17.2 Å². The molecular formula is C15H25N3O2S. The zero-order chi connectivity index (χ0) is 16.0. The van der Waals surface area contributed by atoms with Crippen LogP contribution in [0.1, 0.15) is 44.3 Å². The minimum absolute atomic E-state index is 0.0150. The average molecular weight is 311 g/mol. The molecule has 0 saturated heterocycles. The highest BCUT2D eigenvalue weighted by Gasteiger charge is 2.20. The molecule has 0 fully saturated rings. The molecule has 0 radical (unpaired) electrons. The van der Waals surface area contributed by atoms with Crippen LogP contribution in [-0.2, 0) is 16.1 Å². The van der Waals surface area contributed by atoms with Gasteiger partial charge in [-0.3, -0.25) is 9.59 Å². The zero-order valence-electron chi connectivity index (χ0n) is 13.5. The summed E-state index contributed by atoms with van der Waals surface area (Å²) >= 11 is 1.59. The first kappa shape index (κ1) is 17.6. The Labute approximate surface area is 130 Å². The fourth-order valence-electron chi connectivity index (χ4n) is 1.71. The smallest absolute Gasteiger partial charge is 0.225 e. The standard InChI is InChI=1S/C15H25N3O2S/c1-11-17-12(10-21-11)9-18(5)13(19)7-6-8-16-14(20)15(2,3)4/h10H,6-9H2,1-5H3,(H,16,20). The third-order valence-electron chi connectivity index (χ3n) is 3.03. The highest BCUT2D eigenvalue weighted by Crippen LogP contribution is 2.12. The van der Waals surface area contributed by atoms with Crippen LogP contribution in [0.2, 0.25) is 0 Å². The molecule has 0 aromatic carbocycles. The Kier molecular flexibility index (Phi) is 6.33.